The van der Waals surface area contributed by atoms with E-state index in [2.05, 4.69) is 0 Å². The second kappa shape index (κ2) is 6.74. The Morgan fingerprint density at radius 3 is 2.56 bits per heavy atom. The van der Waals surface area contributed by atoms with E-state index < -0.39 is 16.0 Å². The standard InChI is InChI=1S/C16H18N2O5S2/c1-11(19)17-5-2-6-18(8-7-17)25(22,23)13-3-4-14-12(9-13)10-15(24-14)16(20)21/h3-4,9-10H,2,5-8H2,1H3,(H,20,21). The number of thiophene rings is 1. The van der Waals surface area contributed by atoms with Crippen molar-refractivity contribution in [2.45, 2.75) is 18.2 Å². The molecule has 3 rings (SSSR count). The minimum Gasteiger partial charge on any atom is -0.477 e. The Hall–Kier alpha value is -1.97. The van der Waals surface area contributed by atoms with E-state index in [1.165, 1.54) is 29.4 Å². The van der Waals surface area contributed by atoms with Crippen molar-refractivity contribution in [1.29, 1.82) is 0 Å². The molecule has 0 saturated carbocycles. The fourth-order valence-electron chi connectivity index (χ4n) is 2.89. The van der Waals surface area contributed by atoms with Crippen LogP contribution in [0.25, 0.3) is 10.1 Å². The van der Waals surface area contributed by atoms with Crippen LogP contribution in [-0.4, -0.2) is 60.8 Å². The van der Waals surface area contributed by atoms with Crippen LogP contribution in [0, 0.1) is 0 Å². The number of aromatic carboxylic acids is 1. The number of hydrogen-bond donors (Lipinski definition) is 1. The summed E-state index contributed by atoms with van der Waals surface area (Å²) >= 11 is 1.11. The molecule has 0 unspecified atom stereocenters. The number of sulfonamides is 1. The van der Waals surface area contributed by atoms with Gasteiger partial charge in [0.15, 0.2) is 0 Å². The molecule has 9 heteroatoms. The highest BCUT2D eigenvalue weighted by Gasteiger charge is 2.28. The first kappa shape index (κ1) is 17.8. The van der Waals surface area contributed by atoms with Crippen molar-refractivity contribution in [2.24, 2.45) is 0 Å². The maximum Gasteiger partial charge on any atom is 0.345 e. The lowest BCUT2D eigenvalue weighted by molar-refractivity contribution is -0.128. The molecule has 0 aliphatic carbocycles. The summed E-state index contributed by atoms with van der Waals surface area (Å²) in [5, 5.41) is 9.67. The summed E-state index contributed by atoms with van der Waals surface area (Å²) in [5.41, 5.74) is 0. The summed E-state index contributed by atoms with van der Waals surface area (Å²) in [4.78, 5) is 24.5. The van der Waals surface area contributed by atoms with Crippen LogP contribution in [0.15, 0.2) is 29.2 Å². The molecule has 1 aromatic heterocycles. The second-order valence-corrected chi connectivity index (χ2v) is 8.90. The highest BCUT2D eigenvalue weighted by molar-refractivity contribution is 7.89. The van der Waals surface area contributed by atoms with E-state index >= 15 is 0 Å². The van der Waals surface area contributed by atoms with Crippen LogP contribution in [0.3, 0.4) is 0 Å². The van der Waals surface area contributed by atoms with Crippen molar-refractivity contribution in [3.8, 4) is 0 Å². The quantitative estimate of drug-likeness (QED) is 0.874. The van der Waals surface area contributed by atoms with Gasteiger partial charge < -0.3 is 10.0 Å². The first-order valence-corrected chi connectivity index (χ1v) is 10.1. The molecule has 1 fully saturated rings. The van der Waals surface area contributed by atoms with Gasteiger partial charge in [-0.25, -0.2) is 13.2 Å². The third kappa shape index (κ3) is 3.53. The zero-order valence-corrected chi connectivity index (χ0v) is 15.3. The number of rotatable bonds is 3. The fourth-order valence-corrected chi connectivity index (χ4v) is 5.27. The molecular formula is C16H18N2O5S2. The van der Waals surface area contributed by atoms with Crippen LogP contribution in [0.5, 0.6) is 0 Å². The molecule has 1 amide bonds. The van der Waals surface area contributed by atoms with Gasteiger partial charge in [0.2, 0.25) is 15.9 Å². The summed E-state index contributed by atoms with van der Waals surface area (Å²) in [6.45, 7) is 3.01. The summed E-state index contributed by atoms with van der Waals surface area (Å²) < 4.78 is 27.9. The van der Waals surface area contributed by atoms with E-state index in [1.54, 1.807) is 11.0 Å². The Morgan fingerprint density at radius 1 is 1.12 bits per heavy atom. The van der Waals surface area contributed by atoms with E-state index in [0.29, 0.717) is 31.4 Å². The number of carboxylic acids is 1. The van der Waals surface area contributed by atoms with Crippen LogP contribution in [-0.2, 0) is 14.8 Å². The van der Waals surface area contributed by atoms with Crippen molar-refractivity contribution in [3.05, 3.63) is 29.1 Å². The second-order valence-electron chi connectivity index (χ2n) is 5.88. The maximum absolute atomic E-state index is 12.9. The molecule has 7 nitrogen and oxygen atoms in total. The molecule has 2 aromatic rings. The van der Waals surface area contributed by atoms with Crippen molar-refractivity contribution < 1.29 is 23.1 Å². The normalized spacial score (nSPS) is 16.8. The molecule has 1 aliphatic rings. The zero-order valence-electron chi connectivity index (χ0n) is 13.6. The first-order chi connectivity index (χ1) is 11.8. The Labute approximate surface area is 149 Å². The van der Waals surface area contributed by atoms with E-state index in [9.17, 15) is 18.0 Å². The molecule has 1 N–H and O–H groups in total. The number of amides is 1. The zero-order chi connectivity index (χ0) is 18.2. The summed E-state index contributed by atoms with van der Waals surface area (Å²) in [6, 6.07) is 6.15. The topological polar surface area (TPSA) is 95.0 Å². The third-order valence-electron chi connectivity index (χ3n) is 4.24. The summed E-state index contributed by atoms with van der Waals surface area (Å²) in [7, 11) is -3.68. The van der Waals surface area contributed by atoms with Crippen LogP contribution in [0.2, 0.25) is 0 Å². The Kier molecular flexibility index (Phi) is 4.81. The lowest BCUT2D eigenvalue weighted by Crippen LogP contribution is -2.36. The SMILES string of the molecule is CC(=O)N1CCCN(S(=O)(=O)c2ccc3sc(C(=O)O)cc3c2)CC1. The van der Waals surface area contributed by atoms with Crippen molar-refractivity contribution >= 4 is 43.3 Å². The number of nitrogens with zero attached hydrogens (tertiary/aromatic N) is 2. The van der Waals surface area contributed by atoms with E-state index in [0.717, 1.165) is 16.0 Å². The first-order valence-electron chi connectivity index (χ1n) is 7.81. The minimum atomic E-state index is -3.68. The Balaban J connectivity index is 1.90. The van der Waals surface area contributed by atoms with Crippen molar-refractivity contribution in [1.82, 2.24) is 9.21 Å². The molecule has 0 atom stereocenters. The number of carbonyl (C=O) groups excluding carboxylic acids is 1. The van der Waals surface area contributed by atoms with Gasteiger partial charge in [0.1, 0.15) is 4.88 Å². The molecule has 134 valence electrons. The molecule has 1 aliphatic heterocycles. The van der Waals surface area contributed by atoms with Crippen molar-refractivity contribution in [2.75, 3.05) is 26.2 Å². The molecule has 0 bridgehead atoms. The molecule has 0 spiro atoms. The highest BCUT2D eigenvalue weighted by Crippen LogP contribution is 2.29. The van der Waals surface area contributed by atoms with Crippen LogP contribution in [0.4, 0.5) is 0 Å². The Morgan fingerprint density at radius 2 is 1.88 bits per heavy atom. The minimum absolute atomic E-state index is 0.0554. The van der Waals surface area contributed by atoms with Crippen LogP contribution in [0.1, 0.15) is 23.0 Å². The lowest BCUT2D eigenvalue weighted by atomic mass is 10.2. The fraction of sp³-hybridized carbons (Fsp3) is 0.375. The van der Waals surface area contributed by atoms with E-state index in [4.69, 9.17) is 5.11 Å². The van der Waals surface area contributed by atoms with E-state index in [-0.39, 0.29) is 22.2 Å². The van der Waals surface area contributed by atoms with Crippen molar-refractivity contribution in [3.63, 3.8) is 0 Å². The summed E-state index contributed by atoms with van der Waals surface area (Å²) in [5.74, 6) is -1.08. The van der Waals surface area contributed by atoms with Gasteiger partial charge in [-0.2, -0.15) is 4.31 Å². The number of hydrogen-bond acceptors (Lipinski definition) is 5. The van der Waals surface area contributed by atoms with Gasteiger partial charge in [-0.15, -0.1) is 11.3 Å². The number of carboxylic acid groups (broad SMARTS) is 1. The van der Waals surface area contributed by atoms with Gasteiger partial charge in [0.05, 0.1) is 4.90 Å². The smallest absolute Gasteiger partial charge is 0.345 e. The van der Waals surface area contributed by atoms with Gasteiger partial charge in [0.25, 0.3) is 0 Å². The third-order valence-corrected chi connectivity index (χ3v) is 7.24. The van der Waals surface area contributed by atoms with Gasteiger partial charge >= 0.3 is 5.97 Å². The number of benzene rings is 1. The average Bonchev–Trinajstić information content (AvgIpc) is 2.82. The highest BCUT2D eigenvalue weighted by atomic mass is 32.2. The molecule has 0 radical (unpaired) electrons. The molecule has 1 saturated heterocycles. The predicted molar refractivity (Wildman–Crippen MR) is 94.4 cm³/mol. The summed E-state index contributed by atoms with van der Waals surface area (Å²) in [6.07, 6.45) is 0.586. The molecule has 25 heavy (non-hydrogen) atoms. The van der Waals surface area contributed by atoms with Gasteiger partial charge in [-0.05, 0) is 36.1 Å². The molecule has 2 heterocycles. The maximum atomic E-state index is 12.9. The van der Waals surface area contributed by atoms with Crippen LogP contribution < -0.4 is 0 Å². The number of fused-ring (bicyclic) bond motifs is 1. The Bertz CT molecular complexity index is 935. The van der Waals surface area contributed by atoms with Gasteiger partial charge in [-0.1, -0.05) is 0 Å². The van der Waals surface area contributed by atoms with Crippen LogP contribution >= 0.6 is 11.3 Å². The average molecular weight is 382 g/mol. The largest absolute Gasteiger partial charge is 0.477 e. The monoisotopic (exact) mass is 382 g/mol. The van der Waals surface area contributed by atoms with E-state index in [1.807, 2.05) is 0 Å². The van der Waals surface area contributed by atoms with Gasteiger partial charge in [-0.3, -0.25) is 4.79 Å². The molecule has 1 aromatic carbocycles. The number of carbonyl (C=O) groups is 2. The lowest BCUT2D eigenvalue weighted by Gasteiger charge is -2.21. The van der Waals surface area contributed by atoms with Gasteiger partial charge in [0, 0.05) is 37.8 Å². The predicted octanol–water partition coefficient (Wildman–Crippen LogP) is 1.84. The molecular weight excluding hydrogens is 364 g/mol.